The van der Waals surface area contributed by atoms with E-state index in [4.69, 9.17) is 0 Å². The van der Waals surface area contributed by atoms with Crippen LogP contribution in [0, 0.1) is 13.8 Å². The molecule has 108 valence electrons. The summed E-state index contributed by atoms with van der Waals surface area (Å²) in [6.45, 7) is 6.55. The lowest BCUT2D eigenvalue weighted by Crippen LogP contribution is -2.14. The molecule has 0 aliphatic rings. The lowest BCUT2D eigenvalue weighted by molar-refractivity contribution is 0.729. The Morgan fingerprint density at radius 3 is 2.57 bits per heavy atom. The Labute approximate surface area is 121 Å². The summed E-state index contributed by atoms with van der Waals surface area (Å²) >= 11 is 0. The predicted octanol–water partition coefficient (Wildman–Crippen LogP) is 0.687. The molecular formula is C12H15N9. The Balaban J connectivity index is 2.13. The van der Waals surface area contributed by atoms with Crippen molar-refractivity contribution in [3.05, 3.63) is 30.1 Å². The van der Waals surface area contributed by atoms with Crippen molar-refractivity contribution in [2.75, 3.05) is 11.9 Å². The van der Waals surface area contributed by atoms with Gasteiger partial charge in [0.2, 0.25) is 5.95 Å². The normalized spacial score (nSPS) is 10.8. The van der Waals surface area contributed by atoms with E-state index >= 15 is 0 Å². The Kier molecular flexibility index (Phi) is 3.30. The summed E-state index contributed by atoms with van der Waals surface area (Å²) in [5, 5.41) is 11.5. The van der Waals surface area contributed by atoms with Gasteiger partial charge in [-0.1, -0.05) is 0 Å². The minimum absolute atomic E-state index is 0.390. The molecule has 0 aliphatic carbocycles. The highest BCUT2D eigenvalue weighted by atomic mass is 15.4. The third-order valence-corrected chi connectivity index (χ3v) is 2.77. The van der Waals surface area contributed by atoms with Gasteiger partial charge in [-0.05, 0) is 26.8 Å². The van der Waals surface area contributed by atoms with E-state index in [9.17, 15) is 0 Å². The number of nitrogens with one attached hydrogen (secondary N) is 1. The van der Waals surface area contributed by atoms with Gasteiger partial charge in [-0.2, -0.15) is 29.8 Å². The van der Waals surface area contributed by atoms with Gasteiger partial charge in [0.1, 0.15) is 12.7 Å². The van der Waals surface area contributed by atoms with Crippen LogP contribution in [0.25, 0.3) is 11.9 Å². The van der Waals surface area contributed by atoms with Crippen molar-refractivity contribution in [1.82, 2.24) is 39.5 Å². The zero-order chi connectivity index (χ0) is 14.8. The fourth-order valence-corrected chi connectivity index (χ4v) is 1.93. The number of aryl methyl sites for hydroxylation is 2. The van der Waals surface area contributed by atoms with Gasteiger partial charge in [-0.25, -0.2) is 9.67 Å². The zero-order valence-electron chi connectivity index (χ0n) is 12.0. The molecule has 21 heavy (non-hydrogen) atoms. The highest BCUT2D eigenvalue weighted by molar-refractivity contribution is 5.33. The minimum atomic E-state index is 0.390. The second-order valence-corrected chi connectivity index (χ2v) is 4.47. The van der Waals surface area contributed by atoms with Crippen LogP contribution in [-0.2, 0) is 0 Å². The molecule has 0 aromatic carbocycles. The van der Waals surface area contributed by atoms with Crippen LogP contribution in [0.15, 0.2) is 18.7 Å². The van der Waals surface area contributed by atoms with Crippen molar-refractivity contribution >= 4 is 5.95 Å². The molecule has 0 fully saturated rings. The van der Waals surface area contributed by atoms with Crippen LogP contribution in [0.2, 0.25) is 0 Å². The first-order chi connectivity index (χ1) is 10.2. The third kappa shape index (κ3) is 2.57. The Bertz CT molecular complexity index is 744. The number of rotatable bonds is 4. The summed E-state index contributed by atoms with van der Waals surface area (Å²) in [4.78, 5) is 17.0. The van der Waals surface area contributed by atoms with E-state index in [-0.39, 0.29) is 0 Å². The molecule has 3 aromatic heterocycles. The zero-order valence-corrected chi connectivity index (χ0v) is 12.0. The molecule has 0 aliphatic heterocycles. The summed E-state index contributed by atoms with van der Waals surface area (Å²) < 4.78 is 3.16. The van der Waals surface area contributed by atoms with Crippen LogP contribution in [0.5, 0.6) is 0 Å². The number of hydrogen-bond acceptors (Lipinski definition) is 7. The average molecular weight is 285 g/mol. The van der Waals surface area contributed by atoms with Gasteiger partial charge < -0.3 is 5.32 Å². The lowest BCUT2D eigenvalue weighted by atomic mass is 10.4. The van der Waals surface area contributed by atoms with E-state index < -0.39 is 0 Å². The number of aromatic nitrogens is 8. The third-order valence-electron chi connectivity index (χ3n) is 2.77. The first kappa shape index (κ1) is 13.2. The fourth-order valence-electron chi connectivity index (χ4n) is 1.93. The van der Waals surface area contributed by atoms with Crippen LogP contribution in [0.4, 0.5) is 5.95 Å². The van der Waals surface area contributed by atoms with Crippen molar-refractivity contribution in [1.29, 1.82) is 0 Å². The van der Waals surface area contributed by atoms with E-state index in [0.717, 1.165) is 11.4 Å². The van der Waals surface area contributed by atoms with Crippen LogP contribution in [-0.4, -0.2) is 46.0 Å². The monoisotopic (exact) mass is 285 g/mol. The molecule has 1 N–H and O–H groups in total. The summed E-state index contributed by atoms with van der Waals surface area (Å²) in [6.07, 6.45) is 2.97. The van der Waals surface area contributed by atoms with Gasteiger partial charge in [0.25, 0.3) is 11.9 Å². The lowest BCUT2D eigenvalue weighted by Gasteiger charge is -2.08. The van der Waals surface area contributed by atoms with Crippen LogP contribution < -0.4 is 5.32 Å². The quantitative estimate of drug-likeness (QED) is 0.752. The van der Waals surface area contributed by atoms with Crippen molar-refractivity contribution in [3.8, 4) is 11.9 Å². The molecule has 0 saturated carbocycles. The second-order valence-electron chi connectivity index (χ2n) is 4.47. The maximum absolute atomic E-state index is 4.40. The molecule has 0 atom stereocenters. The molecule has 0 amide bonds. The molecular weight excluding hydrogens is 270 g/mol. The maximum atomic E-state index is 4.40. The molecule has 3 aromatic rings. The number of nitrogens with zero attached hydrogens (tertiary/aromatic N) is 8. The Morgan fingerprint density at radius 2 is 1.95 bits per heavy atom. The van der Waals surface area contributed by atoms with Gasteiger partial charge in [0.05, 0.1) is 5.69 Å². The van der Waals surface area contributed by atoms with Gasteiger partial charge in [0, 0.05) is 12.2 Å². The Morgan fingerprint density at radius 1 is 1.14 bits per heavy atom. The van der Waals surface area contributed by atoms with Crippen LogP contribution in [0.3, 0.4) is 0 Å². The maximum Gasteiger partial charge on any atom is 0.258 e. The highest BCUT2D eigenvalue weighted by Crippen LogP contribution is 2.11. The largest absolute Gasteiger partial charge is 0.354 e. The van der Waals surface area contributed by atoms with Crippen molar-refractivity contribution in [3.63, 3.8) is 0 Å². The minimum Gasteiger partial charge on any atom is -0.354 e. The summed E-state index contributed by atoms with van der Waals surface area (Å²) in [7, 11) is 0. The van der Waals surface area contributed by atoms with E-state index in [0.29, 0.717) is 24.4 Å². The van der Waals surface area contributed by atoms with E-state index in [2.05, 4.69) is 35.5 Å². The SMILES string of the molecule is CCNc1nc(-n2cncn2)nc(-n2nc(C)cc2C)n1. The van der Waals surface area contributed by atoms with Gasteiger partial charge in [0.15, 0.2) is 0 Å². The molecule has 0 unspecified atom stereocenters. The molecule has 3 heterocycles. The topological polar surface area (TPSA) is 99.2 Å². The summed E-state index contributed by atoms with van der Waals surface area (Å²) in [5.74, 6) is 1.30. The Hall–Kier alpha value is -2.84. The highest BCUT2D eigenvalue weighted by Gasteiger charge is 2.12. The molecule has 0 radical (unpaired) electrons. The van der Waals surface area contributed by atoms with Gasteiger partial charge >= 0.3 is 0 Å². The molecule has 9 heteroatoms. The summed E-state index contributed by atoms with van der Waals surface area (Å²) in [6, 6.07) is 1.96. The molecule has 9 nitrogen and oxygen atoms in total. The molecule has 3 rings (SSSR count). The summed E-state index contributed by atoms with van der Waals surface area (Å²) in [5.41, 5.74) is 1.85. The van der Waals surface area contributed by atoms with E-state index in [1.807, 2.05) is 26.8 Å². The van der Waals surface area contributed by atoms with E-state index in [1.54, 1.807) is 4.68 Å². The smallest absolute Gasteiger partial charge is 0.258 e. The van der Waals surface area contributed by atoms with Crippen molar-refractivity contribution in [2.24, 2.45) is 0 Å². The van der Waals surface area contributed by atoms with Crippen LogP contribution >= 0.6 is 0 Å². The number of anilines is 1. The standard InChI is InChI=1S/C12H15N9/c1-4-14-10-16-11(20-7-13-6-15-20)18-12(17-10)21-9(3)5-8(2)19-21/h5-7H,4H2,1-3H3,(H,14,16,17,18). The second kappa shape index (κ2) is 5.27. The van der Waals surface area contributed by atoms with E-state index in [1.165, 1.54) is 17.3 Å². The van der Waals surface area contributed by atoms with Gasteiger partial charge in [-0.3, -0.25) is 0 Å². The number of hydrogen-bond donors (Lipinski definition) is 1. The van der Waals surface area contributed by atoms with Crippen molar-refractivity contribution in [2.45, 2.75) is 20.8 Å². The molecule has 0 saturated heterocycles. The molecule has 0 spiro atoms. The predicted molar refractivity (Wildman–Crippen MR) is 75.5 cm³/mol. The molecule has 0 bridgehead atoms. The first-order valence-electron chi connectivity index (χ1n) is 6.56. The van der Waals surface area contributed by atoms with Crippen LogP contribution in [0.1, 0.15) is 18.3 Å². The van der Waals surface area contributed by atoms with Gasteiger partial charge in [-0.15, -0.1) is 0 Å². The fraction of sp³-hybridized carbons (Fsp3) is 0.333. The van der Waals surface area contributed by atoms with Crippen molar-refractivity contribution < 1.29 is 0 Å². The first-order valence-corrected chi connectivity index (χ1v) is 6.56. The average Bonchev–Trinajstić information content (AvgIpc) is 3.08.